The maximum atomic E-state index is 11.0. The molecule has 1 heterocycles. The zero-order valence-corrected chi connectivity index (χ0v) is 12.9. The van der Waals surface area contributed by atoms with Gasteiger partial charge in [0.1, 0.15) is 4.88 Å². The van der Waals surface area contributed by atoms with Crippen LogP contribution in [0.5, 0.6) is 0 Å². The van der Waals surface area contributed by atoms with Crippen LogP contribution in [-0.2, 0) is 11.3 Å². The molecule has 5 heteroatoms. The van der Waals surface area contributed by atoms with E-state index in [1.807, 2.05) is 6.92 Å². The highest BCUT2D eigenvalue weighted by Crippen LogP contribution is 2.23. The lowest BCUT2D eigenvalue weighted by atomic mass is 10.1. The summed E-state index contributed by atoms with van der Waals surface area (Å²) in [4.78, 5) is 14.8. The highest BCUT2D eigenvalue weighted by Gasteiger charge is 2.14. The van der Waals surface area contributed by atoms with Crippen molar-refractivity contribution in [2.24, 2.45) is 5.92 Å². The molecule has 0 aromatic carbocycles. The zero-order valence-electron chi connectivity index (χ0n) is 12.1. The van der Waals surface area contributed by atoms with E-state index in [1.54, 1.807) is 13.2 Å². The first-order chi connectivity index (χ1) is 8.93. The number of aromatic carboxylic acids is 1. The van der Waals surface area contributed by atoms with Gasteiger partial charge >= 0.3 is 5.97 Å². The number of methoxy groups -OCH3 is 1. The van der Waals surface area contributed by atoms with Crippen LogP contribution in [0.4, 0.5) is 0 Å². The third kappa shape index (κ3) is 5.30. The van der Waals surface area contributed by atoms with Crippen molar-refractivity contribution in [3.05, 3.63) is 21.4 Å². The average molecular weight is 285 g/mol. The summed E-state index contributed by atoms with van der Waals surface area (Å²) in [5.41, 5.74) is 1.11. The van der Waals surface area contributed by atoms with Gasteiger partial charge < -0.3 is 9.84 Å². The Hall–Kier alpha value is -0.910. The van der Waals surface area contributed by atoms with Gasteiger partial charge in [-0.15, -0.1) is 11.3 Å². The number of hydrogen-bond acceptors (Lipinski definition) is 4. The quantitative estimate of drug-likeness (QED) is 0.798. The summed E-state index contributed by atoms with van der Waals surface area (Å²) in [5, 5.41) is 9.02. The fourth-order valence-corrected chi connectivity index (χ4v) is 2.87. The number of nitrogens with zero attached hydrogens (tertiary/aromatic N) is 1. The van der Waals surface area contributed by atoms with E-state index in [0.717, 1.165) is 30.1 Å². The van der Waals surface area contributed by atoms with E-state index in [-0.39, 0.29) is 0 Å². The number of carboxylic acids is 1. The van der Waals surface area contributed by atoms with E-state index in [0.29, 0.717) is 17.4 Å². The number of aryl methyl sites for hydroxylation is 1. The molecule has 0 aliphatic rings. The van der Waals surface area contributed by atoms with Crippen LogP contribution < -0.4 is 0 Å². The smallest absolute Gasteiger partial charge is 0.345 e. The van der Waals surface area contributed by atoms with E-state index in [9.17, 15) is 4.79 Å². The fraction of sp³-hybridized carbons (Fsp3) is 0.643. The molecule has 1 N–H and O–H groups in total. The Kier molecular flexibility index (Phi) is 6.48. The number of carbonyl (C=O) groups is 1. The zero-order chi connectivity index (χ0) is 14.4. The molecule has 4 nitrogen and oxygen atoms in total. The number of hydrogen-bond donors (Lipinski definition) is 1. The highest BCUT2D eigenvalue weighted by molar-refractivity contribution is 7.14. The molecule has 0 aliphatic heterocycles. The lowest BCUT2D eigenvalue weighted by molar-refractivity contribution is 0.0702. The summed E-state index contributed by atoms with van der Waals surface area (Å²) in [6, 6.07) is 1.79. The largest absolute Gasteiger partial charge is 0.477 e. The van der Waals surface area contributed by atoms with Crippen molar-refractivity contribution in [2.45, 2.75) is 27.3 Å². The molecule has 1 aromatic heterocycles. The molecule has 0 atom stereocenters. The minimum atomic E-state index is -0.841. The standard InChI is InChI=1S/C14H23NO3S/c1-10(2)8-15(5-6-18-4)9-12-7-13(14(16)17)19-11(12)3/h7,10H,5-6,8-9H2,1-4H3,(H,16,17). The molecule has 0 unspecified atom stereocenters. The van der Waals surface area contributed by atoms with Gasteiger partial charge in [0.15, 0.2) is 0 Å². The van der Waals surface area contributed by atoms with Crippen LogP contribution in [0.2, 0.25) is 0 Å². The minimum absolute atomic E-state index is 0.420. The highest BCUT2D eigenvalue weighted by atomic mass is 32.1. The van der Waals surface area contributed by atoms with E-state index in [1.165, 1.54) is 11.3 Å². The SMILES string of the molecule is COCCN(Cc1cc(C(=O)O)sc1C)CC(C)C. The Morgan fingerprint density at radius 2 is 2.21 bits per heavy atom. The second-order valence-electron chi connectivity index (χ2n) is 5.12. The van der Waals surface area contributed by atoms with Crippen molar-refractivity contribution >= 4 is 17.3 Å². The summed E-state index contributed by atoms with van der Waals surface area (Å²) in [6.45, 7) is 9.69. The van der Waals surface area contributed by atoms with Gasteiger partial charge in [-0.2, -0.15) is 0 Å². The Morgan fingerprint density at radius 3 is 2.68 bits per heavy atom. The summed E-state index contributed by atoms with van der Waals surface area (Å²) < 4.78 is 5.13. The fourth-order valence-electron chi connectivity index (χ4n) is 1.99. The first kappa shape index (κ1) is 16.1. The van der Waals surface area contributed by atoms with Gasteiger partial charge in [0.05, 0.1) is 6.61 Å². The van der Waals surface area contributed by atoms with E-state index < -0.39 is 5.97 Å². The van der Waals surface area contributed by atoms with Gasteiger partial charge in [0.2, 0.25) is 0 Å². The number of rotatable bonds is 8. The first-order valence-corrected chi connectivity index (χ1v) is 7.29. The molecule has 0 bridgehead atoms. The van der Waals surface area contributed by atoms with E-state index in [2.05, 4.69) is 18.7 Å². The van der Waals surface area contributed by atoms with Gasteiger partial charge in [-0.05, 0) is 24.5 Å². The van der Waals surface area contributed by atoms with Crippen LogP contribution in [0, 0.1) is 12.8 Å². The first-order valence-electron chi connectivity index (χ1n) is 6.48. The second kappa shape index (κ2) is 7.62. The normalized spacial score (nSPS) is 11.5. The third-order valence-electron chi connectivity index (χ3n) is 2.86. The van der Waals surface area contributed by atoms with Crippen molar-refractivity contribution in [1.29, 1.82) is 0 Å². The number of thiophene rings is 1. The summed E-state index contributed by atoms with van der Waals surface area (Å²) in [7, 11) is 1.70. The maximum Gasteiger partial charge on any atom is 0.345 e. The third-order valence-corrected chi connectivity index (χ3v) is 3.94. The number of ether oxygens (including phenoxy) is 1. The molecule has 0 fully saturated rings. The van der Waals surface area contributed by atoms with Gasteiger partial charge in [0, 0.05) is 31.6 Å². The molecular weight excluding hydrogens is 262 g/mol. The van der Waals surface area contributed by atoms with Gasteiger partial charge in [-0.3, -0.25) is 4.90 Å². The monoisotopic (exact) mass is 285 g/mol. The molecule has 19 heavy (non-hydrogen) atoms. The Labute approximate surface area is 119 Å². The van der Waals surface area contributed by atoms with Crippen LogP contribution in [0.1, 0.15) is 34.0 Å². The van der Waals surface area contributed by atoms with Crippen molar-refractivity contribution < 1.29 is 14.6 Å². The van der Waals surface area contributed by atoms with Crippen molar-refractivity contribution in [1.82, 2.24) is 4.90 Å². The van der Waals surface area contributed by atoms with Crippen LogP contribution in [-0.4, -0.2) is 42.8 Å². The van der Waals surface area contributed by atoms with Crippen LogP contribution in [0.3, 0.4) is 0 Å². The molecule has 0 spiro atoms. The van der Waals surface area contributed by atoms with Crippen LogP contribution in [0.25, 0.3) is 0 Å². The maximum absolute atomic E-state index is 11.0. The molecular formula is C14H23NO3S. The topological polar surface area (TPSA) is 49.8 Å². The molecule has 0 saturated carbocycles. The Morgan fingerprint density at radius 1 is 1.53 bits per heavy atom. The lowest BCUT2D eigenvalue weighted by Crippen LogP contribution is -2.30. The predicted octanol–water partition coefficient (Wildman–Crippen LogP) is 2.86. The molecule has 0 saturated heterocycles. The van der Waals surface area contributed by atoms with Crippen molar-refractivity contribution in [3.63, 3.8) is 0 Å². The Balaban J connectivity index is 2.74. The van der Waals surface area contributed by atoms with Gasteiger partial charge in [0.25, 0.3) is 0 Å². The average Bonchev–Trinajstić information content (AvgIpc) is 2.67. The predicted molar refractivity (Wildman–Crippen MR) is 78.0 cm³/mol. The second-order valence-corrected chi connectivity index (χ2v) is 6.38. The molecule has 1 aromatic rings. The van der Waals surface area contributed by atoms with Crippen LogP contribution >= 0.6 is 11.3 Å². The summed E-state index contributed by atoms with van der Waals surface area (Å²) >= 11 is 1.35. The van der Waals surface area contributed by atoms with Crippen LogP contribution in [0.15, 0.2) is 6.07 Å². The Bertz CT molecular complexity index is 415. The van der Waals surface area contributed by atoms with E-state index >= 15 is 0 Å². The lowest BCUT2D eigenvalue weighted by Gasteiger charge is -2.23. The van der Waals surface area contributed by atoms with E-state index in [4.69, 9.17) is 9.84 Å². The van der Waals surface area contributed by atoms with Gasteiger partial charge in [-0.1, -0.05) is 13.8 Å². The summed E-state index contributed by atoms with van der Waals surface area (Å²) in [6.07, 6.45) is 0. The molecule has 0 aliphatic carbocycles. The summed E-state index contributed by atoms with van der Waals surface area (Å²) in [5.74, 6) is -0.263. The molecule has 1 rings (SSSR count). The van der Waals surface area contributed by atoms with Crippen molar-refractivity contribution in [3.8, 4) is 0 Å². The molecule has 0 radical (unpaired) electrons. The van der Waals surface area contributed by atoms with Gasteiger partial charge in [-0.25, -0.2) is 4.79 Å². The minimum Gasteiger partial charge on any atom is -0.477 e. The van der Waals surface area contributed by atoms with Crippen molar-refractivity contribution in [2.75, 3.05) is 26.8 Å². The number of carboxylic acid groups (broad SMARTS) is 1. The molecule has 0 amide bonds. The molecule has 108 valence electrons.